The highest BCUT2D eigenvalue weighted by Crippen LogP contribution is 2.35. The lowest BCUT2D eigenvalue weighted by Gasteiger charge is -2.09. The third-order valence-corrected chi connectivity index (χ3v) is 6.43. The fourth-order valence-electron chi connectivity index (χ4n) is 4.29. The van der Waals surface area contributed by atoms with Crippen molar-refractivity contribution < 1.29 is 15.0 Å². The predicted octanol–water partition coefficient (Wildman–Crippen LogP) is 8.57. The van der Waals surface area contributed by atoms with Crippen LogP contribution in [0.2, 0.25) is 0 Å². The molecule has 36 heavy (non-hydrogen) atoms. The molecule has 6 nitrogen and oxygen atoms in total. The lowest BCUT2D eigenvalue weighted by molar-refractivity contribution is -0.121. The molecule has 0 fully saturated rings. The number of amides is 1. The molecule has 0 aromatic heterocycles. The number of carbonyl (C=O) groups excluding carboxylic acids is 1. The molecule has 0 unspecified atom stereocenters. The molecule has 0 aliphatic rings. The molecule has 0 saturated heterocycles. The number of unbranched alkanes of at least 4 members (excludes halogenated alkanes) is 11. The van der Waals surface area contributed by atoms with Crippen LogP contribution in [0.4, 0.5) is 11.4 Å². The third kappa shape index (κ3) is 11.7. The Balaban J connectivity index is 1.63. The predicted molar refractivity (Wildman–Crippen MR) is 148 cm³/mol. The maximum Gasteiger partial charge on any atom is 0.220 e. The van der Waals surface area contributed by atoms with Crippen molar-refractivity contribution in [3.63, 3.8) is 0 Å². The number of nitrogens with zero attached hydrogens (tertiary/aromatic N) is 2. The number of hydrogen-bond donors (Lipinski definition) is 3. The van der Waals surface area contributed by atoms with Crippen LogP contribution in [0.15, 0.2) is 46.6 Å². The summed E-state index contributed by atoms with van der Waals surface area (Å²) in [6.45, 7) is 4.88. The van der Waals surface area contributed by atoms with Gasteiger partial charge in [-0.2, -0.15) is 0 Å². The summed E-state index contributed by atoms with van der Waals surface area (Å²) in [6, 6.07) is 10.2. The van der Waals surface area contributed by atoms with E-state index >= 15 is 0 Å². The second-order valence-corrected chi connectivity index (χ2v) is 9.72. The van der Waals surface area contributed by atoms with E-state index in [4.69, 9.17) is 0 Å². The van der Waals surface area contributed by atoms with Crippen LogP contribution in [0.5, 0.6) is 11.5 Å². The molecular weight excluding hydrogens is 450 g/mol. The molecule has 2 rings (SSSR count). The molecule has 2 aromatic carbocycles. The molecule has 198 valence electrons. The molecule has 0 atom stereocenters. The summed E-state index contributed by atoms with van der Waals surface area (Å²) in [5.74, 6) is 0.0448. The van der Waals surface area contributed by atoms with E-state index in [-0.39, 0.29) is 17.4 Å². The Kier molecular flexibility index (Phi) is 14.3. The summed E-state index contributed by atoms with van der Waals surface area (Å²) in [5.41, 5.74) is 2.25. The van der Waals surface area contributed by atoms with Crippen molar-refractivity contribution in [3.05, 3.63) is 47.5 Å². The molecule has 0 spiro atoms. The summed E-state index contributed by atoms with van der Waals surface area (Å²) in [6.07, 6.45) is 16.3. The number of phenolic OH excluding ortho intramolecular Hbond substituents is 2. The van der Waals surface area contributed by atoms with Crippen molar-refractivity contribution in [2.75, 3.05) is 6.54 Å². The van der Waals surface area contributed by atoms with Crippen molar-refractivity contribution in [1.82, 2.24) is 5.32 Å². The van der Waals surface area contributed by atoms with Crippen LogP contribution in [0.25, 0.3) is 0 Å². The fraction of sp³-hybridized carbons (Fsp3) is 0.567. The smallest absolute Gasteiger partial charge is 0.220 e. The first-order chi connectivity index (χ1) is 17.5. The zero-order chi connectivity index (χ0) is 26.0. The van der Waals surface area contributed by atoms with Gasteiger partial charge in [-0.05, 0) is 49.1 Å². The number of benzene rings is 2. The molecule has 0 bridgehead atoms. The van der Waals surface area contributed by atoms with Gasteiger partial charge in [0.25, 0.3) is 0 Å². The van der Waals surface area contributed by atoms with E-state index in [2.05, 4.69) is 22.5 Å². The first-order valence-corrected chi connectivity index (χ1v) is 13.8. The Hall–Kier alpha value is -2.89. The average Bonchev–Trinajstić information content (AvgIpc) is 2.87. The van der Waals surface area contributed by atoms with Crippen molar-refractivity contribution >= 4 is 17.3 Å². The largest absolute Gasteiger partial charge is 0.506 e. The van der Waals surface area contributed by atoms with Gasteiger partial charge in [0.2, 0.25) is 5.91 Å². The standard InChI is InChI=1S/C30H45N3O3/c1-3-4-5-6-7-8-9-10-11-12-13-16-21-31-29(35)20-19-25-22-24(2)23-27(30(25)36)33-32-26-17-14-15-18-28(26)34/h14-15,17-18,22-23,34,36H,3-13,16,19-21H2,1-2H3,(H,31,35). The van der Waals surface area contributed by atoms with Gasteiger partial charge < -0.3 is 15.5 Å². The summed E-state index contributed by atoms with van der Waals surface area (Å²) in [4.78, 5) is 12.3. The van der Waals surface area contributed by atoms with E-state index in [9.17, 15) is 15.0 Å². The molecule has 0 aliphatic heterocycles. The maximum atomic E-state index is 12.3. The van der Waals surface area contributed by atoms with Crippen LogP contribution >= 0.6 is 0 Å². The second-order valence-electron chi connectivity index (χ2n) is 9.72. The van der Waals surface area contributed by atoms with Crippen LogP contribution in [-0.2, 0) is 11.2 Å². The highest BCUT2D eigenvalue weighted by atomic mass is 16.3. The lowest BCUT2D eigenvalue weighted by atomic mass is 10.0. The Morgan fingerprint density at radius 3 is 2.03 bits per heavy atom. The number of phenols is 2. The number of rotatable bonds is 18. The van der Waals surface area contributed by atoms with Gasteiger partial charge in [-0.3, -0.25) is 4.79 Å². The van der Waals surface area contributed by atoms with Crippen LogP contribution < -0.4 is 5.32 Å². The average molecular weight is 496 g/mol. The Bertz CT molecular complexity index is 943. The molecular formula is C30H45N3O3. The third-order valence-electron chi connectivity index (χ3n) is 6.43. The Labute approximate surface area is 217 Å². The van der Waals surface area contributed by atoms with Gasteiger partial charge in [-0.25, -0.2) is 0 Å². The molecule has 0 heterocycles. The number of hydrogen-bond acceptors (Lipinski definition) is 5. The second kappa shape index (κ2) is 17.5. The van der Waals surface area contributed by atoms with Crippen LogP contribution in [0, 0.1) is 6.92 Å². The molecule has 6 heteroatoms. The number of aromatic hydroxyl groups is 2. The minimum Gasteiger partial charge on any atom is -0.506 e. The first-order valence-electron chi connectivity index (χ1n) is 13.8. The van der Waals surface area contributed by atoms with E-state index in [1.165, 1.54) is 70.3 Å². The molecule has 3 N–H and O–H groups in total. The van der Waals surface area contributed by atoms with Crippen molar-refractivity contribution in [2.24, 2.45) is 10.2 Å². The lowest BCUT2D eigenvalue weighted by Crippen LogP contribution is -2.24. The van der Waals surface area contributed by atoms with E-state index in [1.807, 2.05) is 13.0 Å². The zero-order valence-electron chi connectivity index (χ0n) is 22.3. The van der Waals surface area contributed by atoms with Crippen LogP contribution in [-0.4, -0.2) is 22.7 Å². The fourth-order valence-corrected chi connectivity index (χ4v) is 4.29. The van der Waals surface area contributed by atoms with Crippen molar-refractivity contribution in [3.8, 4) is 11.5 Å². The number of aryl methyl sites for hydroxylation is 2. The van der Waals surface area contributed by atoms with E-state index < -0.39 is 0 Å². The van der Waals surface area contributed by atoms with Crippen LogP contribution in [0.3, 0.4) is 0 Å². The van der Waals surface area contributed by atoms with Gasteiger partial charge in [0, 0.05) is 13.0 Å². The minimum absolute atomic E-state index is 0.00337. The van der Waals surface area contributed by atoms with E-state index in [0.717, 1.165) is 18.4 Å². The van der Waals surface area contributed by atoms with Gasteiger partial charge in [-0.1, -0.05) is 95.8 Å². The molecule has 0 aliphatic carbocycles. The van der Waals surface area contributed by atoms with Gasteiger partial charge >= 0.3 is 0 Å². The molecule has 1 amide bonds. The summed E-state index contributed by atoms with van der Waals surface area (Å²) < 4.78 is 0. The first kappa shape index (κ1) is 29.3. The van der Waals surface area contributed by atoms with Crippen molar-refractivity contribution in [1.29, 1.82) is 0 Å². The number of para-hydroxylation sites is 1. The number of carbonyl (C=O) groups is 1. The number of azo groups is 1. The Morgan fingerprint density at radius 1 is 0.806 bits per heavy atom. The quantitative estimate of drug-likeness (QED) is 0.143. The van der Waals surface area contributed by atoms with Crippen LogP contribution in [0.1, 0.15) is 102 Å². The summed E-state index contributed by atoms with van der Waals surface area (Å²) in [5, 5.41) is 31.6. The summed E-state index contributed by atoms with van der Waals surface area (Å²) >= 11 is 0. The topological polar surface area (TPSA) is 94.3 Å². The van der Waals surface area contributed by atoms with Gasteiger partial charge in [0.1, 0.15) is 22.9 Å². The molecule has 0 saturated carbocycles. The van der Waals surface area contributed by atoms with E-state index in [0.29, 0.717) is 36.3 Å². The summed E-state index contributed by atoms with van der Waals surface area (Å²) in [7, 11) is 0. The SMILES string of the molecule is CCCCCCCCCCCCCCNC(=O)CCc1cc(C)cc(N=Nc2ccccc2O)c1O. The normalized spacial score (nSPS) is 11.3. The van der Waals surface area contributed by atoms with Gasteiger partial charge in [0.15, 0.2) is 0 Å². The number of nitrogens with one attached hydrogen (secondary N) is 1. The van der Waals surface area contributed by atoms with E-state index in [1.54, 1.807) is 24.3 Å². The Morgan fingerprint density at radius 2 is 1.39 bits per heavy atom. The molecule has 0 radical (unpaired) electrons. The highest BCUT2D eigenvalue weighted by Gasteiger charge is 2.11. The monoisotopic (exact) mass is 495 g/mol. The van der Waals surface area contributed by atoms with Crippen molar-refractivity contribution in [2.45, 2.75) is 104 Å². The highest BCUT2D eigenvalue weighted by molar-refractivity contribution is 5.76. The van der Waals surface area contributed by atoms with Gasteiger partial charge in [0.05, 0.1) is 0 Å². The molecule has 2 aromatic rings. The zero-order valence-corrected chi connectivity index (χ0v) is 22.3. The van der Waals surface area contributed by atoms with Gasteiger partial charge in [-0.15, -0.1) is 10.2 Å². The minimum atomic E-state index is -0.00337. The maximum absolute atomic E-state index is 12.3.